The lowest BCUT2D eigenvalue weighted by Gasteiger charge is -2.17. The van der Waals surface area contributed by atoms with Crippen LogP contribution in [0.3, 0.4) is 0 Å². The lowest BCUT2D eigenvalue weighted by atomic mass is 10.2. The van der Waals surface area contributed by atoms with E-state index >= 15 is 0 Å². The molecule has 0 aliphatic carbocycles. The Hall–Kier alpha value is -3.87. The van der Waals surface area contributed by atoms with Gasteiger partial charge in [0.15, 0.2) is 11.5 Å². The molecule has 1 atom stereocenters. The maximum absolute atomic E-state index is 12.6. The molecule has 3 aromatic rings. The molecule has 0 radical (unpaired) electrons. The van der Waals surface area contributed by atoms with Crippen molar-refractivity contribution in [2.75, 3.05) is 32.0 Å². The van der Waals surface area contributed by atoms with E-state index in [2.05, 4.69) is 10.6 Å². The Morgan fingerprint density at radius 1 is 0.742 bits per heavy atom. The number of anilines is 2. The lowest BCUT2D eigenvalue weighted by molar-refractivity contribution is -0.116. The first-order valence-corrected chi connectivity index (χ1v) is 9.73. The van der Waals surface area contributed by atoms with Crippen LogP contribution in [0.25, 0.3) is 0 Å². The van der Waals surface area contributed by atoms with Gasteiger partial charge in [-0.15, -0.1) is 0 Å². The van der Waals surface area contributed by atoms with Gasteiger partial charge >= 0.3 is 0 Å². The van der Waals surface area contributed by atoms with Gasteiger partial charge in [0.1, 0.15) is 23.3 Å². The minimum atomic E-state index is -0.492. The second-order valence-electron chi connectivity index (χ2n) is 6.73. The number of carbonyl (C=O) groups is 1. The van der Waals surface area contributed by atoms with Crippen LogP contribution in [0, 0.1) is 0 Å². The van der Waals surface area contributed by atoms with Crippen LogP contribution in [-0.4, -0.2) is 33.3 Å². The van der Waals surface area contributed by atoms with Crippen molar-refractivity contribution < 1.29 is 23.7 Å². The van der Waals surface area contributed by atoms with Crippen LogP contribution in [0.2, 0.25) is 0 Å². The predicted octanol–water partition coefficient (Wildman–Crippen LogP) is 4.94. The molecular weight excluding hydrogens is 396 g/mol. The van der Waals surface area contributed by atoms with Crippen molar-refractivity contribution in [1.82, 2.24) is 0 Å². The van der Waals surface area contributed by atoms with Crippen molar-refractivity contribution in [2.24, 2.45) is 0 Å². The average molecular weight is 422 g/mol. The molecule has 0 saturated heterocycles. The Morgan fingerprint density at radius 2 is 1.45 bits per heavy atom. The summed E-state index contributed by atoms with van der Waals surface area (Å²) in [6, 6.07) is 19.4. The number of benzene rings is 3. The van der Waals surface area contributed by atoms with Gasteiger partial charge in [0, 0.05) is 23.5 Å². The molecular formula is C24H26N2O5. The molecule has 0 spiro atoms. The topological polar surface area (TPSA) is 78.1 Å². The maximum Gasteiger partial charge on any atom is 0.246 e. The SMILES string of the molecule is COc1ccc(Oc2cc(NC(C)C(=O)Nc3cccc(OC)c3)ccc2OC)cc1. The fourth-order valence-electron chi connectivity index (χ4n) is 2.88. The highest BCUT2D eigenvalue weighted by molar-refractivity contribution is 5.96. The molecule has 0 heterocycles. The van der Waals surface area contributed by atoms with E-state index in [-0.39, 0.29) is 5.91 Å². The van der Waals surface area contributed by atoms with Crippen molar-refractivity contribution >= 4 is 17.3 Å². The van der Waals surface area contributed by atoms with Crippen LogP contribution in [-0.2, 0) is 4.79 Å². The number of methoxy groups -OCH3 is 3. The van der Waals surface area contributed by atoms with Gasteiger partial charge in [-0.3, -0.25) is 4.79 Å². The number of amides is 1. The molecule has 0 aliphatic rings. The third kappa shape index (κ3) is 5.82. The standard InChI is InChI=1S/C24H26N2O5/c1-16(24(27)26-17-6-5-7-21(14-17)29-3)25-18-8-13-22(30-4)23(15-18)31-20-11-9-19(28-2)10-12-20/h5-16,25H,1-4H3,(H,26,27). The number of nitrogens with one attached hydrogen (secondary N) is 2. The maximum atomic E-state index is 12.6. The molecule has 3 aromatic carbocycles. The normalized spacial score (nSPS) is 11.2. The Balaban J connectivity index is 1.70. The average Bonchev–Trinajstić information content (AvgIpc) is 2.80. The molecule has 1 amide bonds. The molecule has 3 rings (SSSR count). The summed E-state index contributed by atoms with van der Waals surface area (Å²) in [5.74, 6) is 2.98. The van der Waals surface area contributed by atoms with E-state index in [1.165, 1.54) is 0 Å². The summed E-state index contributed by atoms with van der Waals surface area (Å²) >= 11 is 0. The van der Waals surface area contributed by atoms with E-state index in [9.17, 15) is 4.79 Å². The fourth-order valence-corrected chi connectivity index (χ4v) is 2.88. The summed E-state index contributed by atoms with van der Waals surface area (Å²) in [4.78, 5) is 12.6. The van der Waals surface area contributed by atoms with Crippen LogP contribution in [0.5, 0.6) is 28.7 Å². The summed E-state index contributed by atoms with van der Waals surface area (Å²) in [5, 5.41) is 6.06. The highest BCUT2D eigenvalue weighted by Crippen LogP contribution is 2.34. The highest BCUT2D eigenvalue weighted by atomic mass is 16.5. The van der Waals surface area contributed by atoms with Crippen LogP contribution < -0.4 is 29.6 Å². The van der Waals surface area contributed by atoms with Crippen molar-refractivity contribution in [2.45, 2.75) is 13.0 Å². The van der Waals surface area contributed by atoms with Crippen LogP contribution in [0.4, 0.5) is 11.4 Å². The molecule has 2 N–H and O–H groups in total. The third-order valence-corrected chi connectivity index (χ3v) is 4.56. The fraction of sp³-hybridized carbons (Fsp3) is 0.208. The molecule has 1 unspecified atom stereocenters. The molecule has 7 heteroatoms. The van der Waals surface area contributed by atoms with Gasteiger partial charge in [-0.1, -0.05) is 6.07 Å². The minimum Gasteiger partial charge on any atom is -0.497 e. The number of ether oxygens (including phenoxy) is 4. The number of hydrogen-bond acceptors (Lipinski definition) is 6. The van der Waals surface area contributed by atoms with Crippen LogP contribution in [0.15, 0.2) is 66.7 Å². The molecule has 0 aromatic heterocycles. The third-order valence-electron chi connectivity index (χ3n) is 4.56. The summed E-state index contributed by atoms with van der Waals surface area (Å²) < 4.78 is 21.7. The molecule has 0 aliphatic heterocycles. The number of rotatable bonds is 9. The van der Waals surface area contributed by atoms with Crippen molar-refractivity contribution in [3.8, 4) is 28.7 Å². The van der Waals surface area contributed by atoms with Crippen molar-refractivity contribution in [1.29, 1.82) is 0 Å². The molecule has 7 nitrogen and oxygen atoms in total. The van der Waals surface area contributed by atoms with Gasteiger partial charge < -0.3 is 29.6 Å². The molecule has 31 heavy (non-hydrogen) atoms. The van der Waals surface area contributed by atoms with Gasteiger partial charge in [0.2, 0.25) is 5.91 Å². The van der Waals surface area contributed by atoms with E-state index in [4.69, 9.17) is 18.9 Å². The first kappa shape index (κ1) is 21.8. The van der Waals surface area contributed by atoms with Gasteiger partial charge in [-0.2, -0.15) is 0 Å². The van der Waals surface area contributed by atoms with E-state index < -0.39 is 6.04 Å². The van der Waals surface area contributed by atoms with Gasteiger partial charge in [-0.05, 0) is 55.5 Å². The van der Waals surface area contributed by atoms with E-state index in [0.29, 0.717) is 28.7 Å². The van der Waals surface area contributed by atoms with Gasteiger partial charge in [0.25, 0.3) is 0 Å². The van der Waals surface area contributed by atoms with Crippen molar-refractivity contribution in [3.63, 3.8) is 0 Å². The zero-order valence-corrected chi connectivity index (χ0v) is 18.0. The zero-order chi connectivity index (χ0) is 22.2. The summed E-state index contributed by atoms with van der Waals surface area (Å²) in [7, 11) is 4.77. The summed E-state index contributed by atoms with van der Waals surface area (Å²) in [5.41, 5.74) is 1.38. The van der Waals surface area contributed by atoms with Crippen LogP contribution >= 0.6 is 0 Å². The Labute approximate surface area is 181 Å². The monoisotopic (exact) mass is 422 g/mol. The number of carbonyl (C=O) groups excluding carboxylic acids is 1. The molecule has 0 saturated carbocycles. The Kier molecular flexibility index (Phi) is 7.22. The smallest absolute Gasteiger partial charge is 0.246 e. The first-order valence-electron chi connectivity index (χ1n) is 9.73. The Bertz CT molecular complexity index is 1020. The first-order chi connectivity index (χ1) is 15.0. The quantitative estimate of drug-likeness (QED) is 0.508. The summed E-state index contributed by atoms with van der Waals surface area (Å²) in [6.07, 6.45) is 0. The molecule has 0 fully saturated rings. The van der Waals surface area contributed by atoms with Gasteiger partial charge in [-0.25, -0.2) is 0 Å². The minimum absolute atomic E-state index is 0.179. The van der Waals surface area contributed by atoms with E-state index in [0.717, 1.165) is 11.4 Å². The molecule has 162 valence electrons. The Morgan fingerprint density at radius 3 is 2.13 bits per heavy atom. The molecule has 0 bridgehead atoms. The largest absolute Gasteiger partial charge is 0.497 e. The van der Waals surface area contributed by atoms with E-state index in [1.807, 2.05) is 42.5 Å². The van der Waals surface area contributed by atoms with Gasteiger partial charge in [0.05, 0.1) is 21.3 Å². The predicted molar refractivity (Wildman–Crippen MR) is 121 cm³/mol. The number of hydrogen-bond donors (Lipinski definition) is 2. The lowest BCUT2D eigenvalue weighted by Crippen LogP contribution is -2.31. The van der Waals surface area contributed by atoms with Crippen molar-refractivity contribution in [3.05, 3.63) is 66.7 Å². The second-order valence-corrected chi connectivity index (χ2v) is 6.73. The van der Waals surface area contributed by atoms with Crippen LogP contribution in [0.1, 0.15) is 6.92 Å². The highest BCUT2D eigenvalue weighted by Gasteiger charge is 2.15. The van der Waals surface area contributed by atoms with E-state index in [1.54, 1.807) is 52.5 Å². The second kappa shape index (κ2) is 10.2. The zero-order valence-electron chi connectivity index (χ0n) is 18.0. The summed E-state index contributed by atoms with van der Waals surface area (Å²) in [6.45, 7) is 1.78.